The largest absolute Gasteiger partial charge is 0.339 e. The number of carbonyl (C=O) groups is 1. The van der Waals surface area contributed by atoms with Gasteiger partial charge < -0.3 is 10.2 Å². The molecular formula is C15H21N3O. The van der Waals surface area contributed by atoms with E-state index in [-0.39, 0.29) is 5.91 Å². The van der Waals surface area contributed by atoms with Crippen molar-refractivity contribution in [3.05, 3.63) is 30.1 Å². The van der Waals surface area contributed by atoms with E-state index in [1.165, 1.54) is 12.8 Å². The Balaban J connectivity index is 1.62. The van der Waals surface area contributed by atoms with Crippen LogP contribution in [0.2, 0.25) is 0 Å². The highest BCUT2D eigenvalue weighted by molar-refractivity contribution is 5.94. The van der Waals surface area contributed by atoms with Crippen LogP contribution in [0.4, 0.5) is 0 Å². The molecule has 0 bridgehead atoms. The predicted molar refractivity (Wildman–Crippen MR) is 73.9 cm³/mol. The van der Waals surface area contributed by atoms with E-state index in [0.29, 0.717) is 5.41 Å². The standard InChI is InChI=1S/C15H21N3O/c19-14(13-1-7-16-8-2-13)18-11-5-15(6-12-18)3-9-17-10-4-15/h1-2,7-8,17H,3-6,9-12H2. The monoisotopic (exact) mass is 259 g/mol. The van der Waals surface area contributed by atoms with E-state index in [9.17, 15) is 4.79 Å². The van der Waals surface area contributed by atoms with Crippen LogP contribution in [0, 0.1) is 5.41 Å². The van der Waals surface area contributed by atoms with Crippen molar-refractivity contribution in [1.29, 1.82) is 0 Å². The van der Waals surface area contributed by atoms with Gasteiger partial charge in [0.05, 0.1) is 0 Å². The third-order valence-electron chi connectivity index (χ3n) is 4.70. The fourth-order valence-electron chi connectivity index (χ4n) is 3.32. The molecule has 2 aliphatic heterocycles. The first kappa shape index (κ1) is 12.6. The van der Waals surface area contributed by atoms with Gasteiger partial charge in [-0.05, 0) is 56.3 Å². The smallest absolute Gasteiger partial charge is 0.253 e. The molecule has 2 saturated heterocycles. The zero-order chi connectivity index (χ0) is 13.1. The average molecular weight is 259 g/mol. The fourth-order valence-corrected chi connectivity index (χ4v) is 3.32. The molecule has 102 valence electrons. The van der Waals surface area contributed by atoms with Gasteiger partial charge in [0.1, 0.15) is 0 Å². The van der Waals surface area contributed by atoms with Crippen molar-refractivity contribution in [2.75, 3.05) is 26.2 Å². The summed E-state index contributed by atoms with van der Waals surface area (Å²) in [6.07, 6.45) is 8.22. The Hall–Kier alpha value is -1.42. The molecule has 4 heteroatoms. The summed E-state index contributed by atoms with van der Waals surface area (Å²) in [7, 11) is 0. The number of nitrogens with zero attached hydrogens (tertiary/aromatic N) is 2. The lowest BCUT2D eigenvalue weighted by atomic mass is 9.71. The minimum absolute atomic E-state index is 0.159. The van der Waals surface area contributed by atoms with Crippen LogP contribution in [0.3, 0.4) is 0 Å². The predicted octanol–water partition coefficient (Wildman–Crippen LogP) is 1.69. The quantitative estimate of drug-likeness (QED) is 0.834. The van der Waals surface area contributed by atoms with Crippen LogP contribution in [0.5, 0.6) is 0 Å². The first-order chi connectivity index (χ1) is 9.29. The number of nitrogens with one attached hydrogen (secondary N) is 1. The Morgan fingerprint density at radius 1 is 1.11 bits per heavy atom. The van der Waals surface area contributed by atoms with Gasteiger partial charge in [0.2, 0.25) is 0 Å². The van der Waals surface area contributed by atoms with Gasteiger partial charge in [0.15, 0.2) is 0 Å². The number of aromatic nitrogens is 1. The van der Waals surface area contributed by atoms with Crippen LogP contribution in [-0.4, -0.2) is 42.0 Å². The van der Waals surface area contributed by atoms with Crippen LogP contribution in [0.1, 0.15) is 36.0 Å². The molecule has 0 radical (unpaired) electrons. The van der Waals surface area contributed by atoms with Crippen molar-refractivity contribution >= 4 is 5.91 Å². The molecule has 1 N–H and O–H groups in total. The maximum atomic E-state index is 12.4. The number of likely N-dealkylation sites (tertiary alicyclic amines) is 1. The molecule has 2 fully saturated rings. The summed E-state index contributed by atoms with van der Waals surface area (Å²) in [5.74, 6) is 0.159. The topological polar surface area (TPSA) is 45.2 Å². The Bertz CT molecular complexity index is 430. The van der Waals surface area contributed by atoms with Crippen LogP contribution in [-0.2, 0) is 0 Å². The van der Waals surface area contributed by atoms with Crippen LogP contribution < -0.4 is 5.32 Å². The fraction of sp³-hybridized carbons (Fsp3) is 0.600. The molecule has 0 aliphatic carbocycles. The van der Waals surface area contributed by atoms with Gasteiger partial charge >= 0.3 is 0 Å². The first-order valence-electron chi connectivity index (χ1n) is 7.19. The number of pyridine rings is 1. The van der Waals surface area contributed by atoms with Gasteiger partial charge in [-0.1, -0.05) is 0 Å². The Labute approximate surface area is 114 Å². The second kappa shape index (κ2) is 5.29. The van der Waals surface area contributed by atoms with Gasteiger partial charge in [-0.15, -0.1) is 0 Å². The summed E-state index contributed by atoms with van der Waals surface area (Å²) < 4.78 is 0. The van der Waals surface area contributed by atoms with E-state index >= 15 is 0 Å². The van der Waals surface area contributed by atoms with Crippen molar-refractivity contribution in [3.8, 4) is 0 Å². The van der Waals surface area contributed by atoms with E-state index in [1.54, 1.807) is 24.5 Å². The second-order valence-electron chi connectivity index (χ2n) is 5.78. The molecule has 0 aromatic carbocycles. The molecule has 3 rings (SSSR count). The summed E-state index contributed by atoms with van der Waals surface area (Å²) in [6, 6.07) is 3.61. The summed E-state index contributed by atoms with van der Waals surface area (Å²) in [5.41, 5.74) is 1.26. The molecule has 0 unspecified atom stereocenters. The SMILES string of the molecule is O=C(c1ccncc1)N1CCC2(CCNCC2)CC1. The second-order valence-corrected chi connectivity index (χ2v) is 5.78. The third kappa shape index (κ3) is 2.63. The van der Waals surface area contributed by atoms with Crippen molar-refractivity contribution in [3.63, 3.8) is 0 Å². The van der Waals surface area contributed by atoms with Crippen molar-refractivity contribution in [1.82, 2.24) is 15.2 Å². The minimum Gasteiger partial charge on any atom is -0.339 e. The van der Waals surface area contributed by atoms with Crippen LogP contribution in [0.15, 0.2) is 24.5 Å². The lowest BCUT2D eigenvalue weighted by molar-refractivity contribution is 0.0495. The number of piperidine rings is 2. The van der Waals surface area contributed by atoms with Crippen molar-refractivity contribution in [2.24, 2.45) is 5.41 Å². The normalized spacial score (nSPS) is 22.4. The molecule has 3 heterocycles. The lowest BCUT2D eigenvalue weighted by Gasteiger charge is -2.44. The average Bonchev–Trinajstić information content (AvgIpc) is 2.49. The number of rotatable bonds is 1. The summed E-state index contributed by atoms with van der Waals surface area (Å²) in [5, 5.41) is 3.43. The van der Waals surface area contributed by atoms with Gasteiger partial charge in [0, 0.05) is 31.0 Å². The minimum atomic E-state index is 0.159. The Morgan fingerprint density at radius 3 is 2.37 bits per heavy atom. The lowest BCUT2D eigenvalue weighted by Crippen LogP contribution is -2.47. The summed E-state index contributed by atoms with van der Waals surface area (Å²) >= 11 is 0. The van der Waals surface area contributed by atoms with Gasteiger partial charge in [-0.25, -0.2) is 0 Å². The first-order valence-corrected chi connectivity index (χ1v) is 7.19. The van der Waals surface area contributed by atoms with E-state index in [2.05, 4.69) is 10.3 Å². The van der Waals surface area contributed by atoms with Crippen molar-refractivity contribution in [2.45, 2.75) is 25.7 Å². The Morgan fingerprint density at radius 2 is 1.74 bits per heavy atom. The molecular weight excluding hydrogens is 238 g/mol. The molecule has 19 heavy (non-hydrogen) atoms. The van der Waals surface area contributed by atoms with Gasteiger partial charge in [0.25, 0.3) is 5.91 Å². The highest BCUT2D eigenvalue weighted by atomic mass is 16.2. The molecule has 1 amide bonds. The van der Waals surface area contributed by atoms with Gasteiger partial charge in [-0.3, -0.25) is 9.78 Å². The highest BCUT2D eigenvalue weighted by Crippen LogP contribution is 2.39. The van der Waals surface area contributed by atoms with Crippen molar-refractivity contribution < 1.29 is 4.79 Å². The number of hydrogen-bond donors (Lipinski definition) is 1. The number of hydrogen-bond acceptors (Lipinski definition) is 3. The van der Waals surface area contributed by atoms with E-state index in [4.69, 9.17) is 0 Å². The zero-order valence-corrected chi connectivity index (χ0v) is 11.3. The summed E-state index contributed by atoms with van der Waals surface area (Å²) in [4.78, 5) is 18.3. The molecule has 1 aromatic rings. The maximum absolute atomic E-state index is 12.4. The van der Waals surface area contributed by atoms with E-state index in [1.807, 2.05) is 4.90 Å². The third-order valence-corrected chi connectivity index (χ3v) is 4.70. The highest BCUT2D eigenvalue weighted by Gasteiger charge is 2.36. The molecule has 0 atom stereocenters. The molecule has 1 aromatic heterocycles. The van der Waals surface area contributed by atoms with Gasteiger partial charge in [-0.2, -0.15) is 0 Å². The maximum Gasteiger partial charge on any atom is 0.253 e. The van der Waals surface area contributed by atoms with E-state index in [0.717, 1.165) is 44.6 Å². The molecule has 1 spiro atoms. The Kier molecular flexibility index (Phi) is 3.51. The zero-order valence-electron chi connectivity index (χ0n) is 11.3. The molecule has 0 saturated carbocycles. The number of carbonyl (C=O) groups excluding carboxylic acids is 1. The summed E-state index contributed by atoms with van der Waals surface area (Å²) in [6.45, 7) is 4.08. The number of amides is 1. The van der Waals surface area contributed by atoms with Crippen LogP contribution in [0.25, 0.3) is 0 Å². The molecule has 2 aliphatic rings. The van der Waals surface area contributed by atoms with Crippen LogP contribution >= 0.6 is 0 Å². The van der Waals surface area contributed by atoms with E-state index < -0.39 is 0 Å². The molecule has 4 nitrogen and oxygen atoms in total.